The van der Waals surface area contributed by atoms with Crippen LogP contribution in [0.5, 0.6) is 5.75 Å². The van der Waals surface area contributed by atoms with Gasteiger partial charge in [-0.05, 0) is 78.3 Å². The molecule has 206 valence electrons. The summed E-state index contributed by atoms with van der Waals surface area (Å²) in [7, 11) is 0. The maximum atomic E-state index is 15.2. The normalized spacial score (nSPS) is 18.2. The lowest BCUT2D eigenvalue weighted by Gasteiger charge is -2.29. The van der Waals surface area contributed by atoms with Crippen molar-refractivity contribution in [3.05, 3.63) is 65.5 Å². The van der Waals surface area contributed by atoms with Crippen molar-refractivity contribution >= 4 is 10.8 Å². The summed E-state index contributed by atoms with van der Waals surface area (Å²) in [6, 6.07) is 9.38. The standard InChI is InChI=1S/C31H34F6O/c1-2-3-4-5-6-7-20-8-10-21(11-9-20)24-17-26(32)29(27(33)18-24)23-12-14-25-22(16-23)13-15-28(30(25)34)38-19-31(35,36)37/h12-18,20-21H,2-11,19H2,1H3. The number of hydrogen-bond donors (Lipinski definition) is 0. The number of hydrogen-bond acceptors (Lipinski definition) is 1. The Labute approximate surface area is 220 Å². The Morgan fingerprint density at radius 2 is 1.50 bits per heavy atom. The number of unbranched alkanes of at least 4 members (excludes halogenated alkanes) is 4. The van der Waals surface area contributed by atoms with Crippen molar-refractivity contribution in [2.24, 2.45) is 5.92 Å². The van der Waals surface area contributed by atoms with Crippen LogP contribution in [0, 0.1) is 23.4 Å². The molecule has 3 aromatic carbocycles. The molecule has 1 aliphatic carbocycles. The van der Waals surface area contributed by atoms with Gasteiger partial charge in [0.2, 0.25) is 0 Å². The van der Waals surface area contributed by atoms with E-state index in [4.69, 9.17) is 0 Å². The monoisotopic (exact) mass is 536 g/mol. The molecule has 0 unspecified atom stereocenters. The minimum atomic E-state index is -4.60. The molecule has 0 bridgehead atoms. The molecule has 1 saturated carbocycles. The van der Waals surface area contributed by atoms with Gasteiger partial charge >= 0.3 is 6.18 Å². The predicted octanol–water partition coefficient (Wildman–Crippen LogP) is 10.5. The first-order valence-electron chi connectivity index (χ1n) is 13.6. The molecule has 0 spiro atoms. The average Bonchev–Trinajstić information content (AvgIpc) is 2.87. The number of alkyl halides is 3. The summed E-state index contributed by atoms with van der Waals surface area (Å²) < 4.78 is 87.0. The highest BCUT2D eigenvalue weighted by atomic mass is 19.4. The Bertz CT molecular complexity index is 1200. The van der Waals surface area contributed by atoms with Gasteiger partial charge in [-0.25, -0.2) is 13.2 Å². The fourth-order valence-corrected chi connectivity index (χ4v) is 5.62. The molecule has 0 aliphatic heterocycles. The van der Waals surface area contributed by atoms with E-state index in [0.29, 0.717) is 16.9 Å². The zero-order valence-electron chi connectivity index (χ0n) is 21.7. The van der Waals surface area contributed by atoms with Gasteiger partial charge in [0.25, 0.3) is 0 Å². The molecular formula is C31H34F6O. The van der Waals surface area contributed by atoms with E-state index in [-0.39, 0.29) is 22.4 Å². The van der Waals surface area contributed by atoms with Crippen molar-refractivity contribution in [3.63, 3.8) is 0 Å². The van der Waals surface area contributed by atoms with Crippen molar-refractivity contribution in [3.8, 4) is 16.9 Å². The van der Waals surface area contributed by atoms with Gasteiger partial charge in [0, 0.05) is 5.39 Å². The van der Waals surface area contributed by atoms with Gasteiger partial charge in [-0.15, -0.1) is 0 Å². The summed E-state index contributed by atoms with van der Waals surface area (Å²) >= 11 is 0. The first-order chi connectivity index (χ1) is 18.2. The van der Waals surface area contributed by atoms with Gasteiger partial charge in [0.15, 0.2) is 18.2 Å². The van der Waals surface area contributed by atoms with E-state index < -0.39 is 36.0 Å². The largest absolute Gasteiger partial charge is 0.481 e. The SMILES string of the molecule is CCCCCCCC1CCC(c2cc(F)c(-c3ccc4c(F)c(OCC(F)(F)F)ccc4c3)c(F)c2)CC1. The first kappa shape index (κ1) is 28.3. The highest BCUT2D eigenvalue weighted by Crippen LogP contribution is 2.40. The topological polar surface area (TPSA) is 9.23 Å². The fourth-order valence-electron chi connectivity index (χ4n) is 5.62. The minimum Gasteiger partial charge on any atom is -0.481 e. The number of benzene rings is 3. The summed E-state index contributed by atoms with van der Waals surface area (Å²) in [5.74, 6) is -2.02. The van der Waals surface area contributed by atoms with E-state index in [9.17, 15) is 17.6 Å². The lowest BCUT2D eigenvalue weighted by atomic mass is 9.76. The van der Waals surface area contributed by atoms with Crippen molar-refractivity contribution in [2.45, 2.75) is 83.2 Å². The first-order valence-corrected chi connectivity index (χ1v) is 13.6. The van der Waals surface area contributed by atoms with Crippen LogP contribution in [0.4, 0.5) is 26.3 Å². The second kappa shape index (κ2) is 12.4. The van der Waals surface area contributed by atoms with Crippen molar-refractivity contribution < 1.29 is 31.1 Å². The summed E-state index contributed by atoms with van der Waals surface area (Å²) in [5, 5.41) is 0.309. The second-order valence-corrected chi connectivity index (χ2v) is 10.5. The maximum absolute atomic E-state index is 15.2. The van der Waals surface area contributed by atoms with E-state index in [0.717, 1.165) is 31.7 Å². The number of rotatable bonds is 10. The molecule has 0 aromatic heterocycles. The number of ether oxygens (including phenoxy) is 1. The molecule has 0 heterocycles. The van der Waals surface area contributed by atoms with Gasteiger partial charge < -0.3 is 4.74 Å². The Balaban J connectivity index is 1.45. The summed E-state index contributed by atoms with van der Waals surface area (Å²) in [6.45, 7) is 0.596. The highest BCUT2D eigenvalue weighted by Gasteiger charge is 2.29. The van der Waals surface area contributed by atoms with Crippen molar-refractivity contribution in [1.82, 2.24) is 0 Å². The lowest BCUT2D eigenvalue weighted by molar-refractivity contribution is -0.153. The maximum Gasteiger partial charge on any atom is 0.422 e. The highest BCUT2D eigenvalue weighted by molar-refractivity contribution is 5.89. The number of halogens is 6. The van der Waals surface area contributed by atoms with Crippen LogP contribution in [0.25, 0.3) is 21.9 Å². The Kier molecular flexibility index (Phi) is 9.27. The Morgan fingerprint density at radius 1 is 0.816 bits per heavy atom. The molecule has 0 amide bonds. The summed E-state index contributed by atoms with van der Waals surface area (Å²) in [4.78, 5) is 0. The molecule has 1 nitrogen and oxygen atoms in total. The molecule has 7 heteroatoms. The Morgan fingerprint density at radius 3 is 2.16 bits per heavy atom. The van der Waals surface area contributed by atoms with E-state index in [1.807, 2.05) is 0 Å². The molecule has 1 aliphatic rings. The molecular weight excluding hydrogens is 502 g/mol. The zero-order valence-corrected chi connectivity index (χ0v) is 21.7. The predicted molar refractivity (Wildman–Crippen MR) is 139 cm³/mol. The fraction of sp³-hybridized carbons (Fsp3) is 0.484. The van der Waals surface area contributed by atoms with Crippen LogP contribution in [0.15, 0.2) is 42.5 Å². The number of fused-ring (bicyclic) bond motifs is 1. The molecule has 0 atom stereocenters. The van der Waals surface area contributed by atoms with E-state index in [1.54, 1.807) is 0 Å². The molecule has 0 saturated heterocycles. The van der Waals surface area contributed by atoms with Gasteiger partial charge in [-0.3, -0.25) is 0 Å². The zero-order chi connectivity index (χ0) is 27.3. The van der Waals surface area contributed by atoms with Gasteiger partial charge in [-0.2, -0.15) is 13.2 Å². The van der Waals surface area contributed by atoms with Gasteiger partial charge in [0.1, 0.15) is 11.6 Å². The molecule has 4 rings (SSSR count). The van der Waals surface area contributed by atoms with E-state index in [1.165, 1.54) is 74.9 Å². The molecule has 3 aromatic rings. The van der Waals surface area contributed by atoms with Gasteiger partial charge in [-0.1, -0.05) is 63.6 Å². The molecule has 0 radical (unpaired) electrons. The lowest BCUT2D eigenvalue weighted by Crippen LogP contribution is -2.19. The van der Waals surface area contributed by atoms with Crippen LogP contribution in [-0.4, -0.2) is 12.8 Å². The van der Waals surface area contributed by atoms with Crippen LogP contribution in [-0.2, 0) is 0 Å². The molecule has 0 N–H and O–H groups in total. The molecule has 1 fully saturated rings. The average molecular weight is 537 g/mol. The minimum absolute atomic E-state index is 0.00739. The third-order valence-electron chi connectivity index (χ3n) is 7.70. The van der Waals surface area contributed by atoms with Crippen LogP contribution in [0.2, 0.25) is 0 Å². The molecule has 38 heavy (non-hydrogen) atoms. The van der Waals surface area contributed by atoms with E-state index in [2.05, 4.69) is 11.7 Å². The van der Waals surface area contributed by atoms with E-state index >= 15 is 8.78 Å². The van der Waals surface area contributed by atoms with Gasteiger partial charge in [0.05, 0.1) is 5.56 Å². The van der Waals surface area contributed by atoms with Crippen LogP contribution in [0.3, 0.4) is 0 Å². The smallest absolute Gasteiger partial charge is 0.422 e. The summed E-state index contributed by atoms with van der Waals surface area (Å²) in [5.41, 5.74) is 0.701. The second-order valence-electron chi connectivity index (χ2n) is 10.5. The summed E-state index contributed by atoms with van der Waals surface area (Å²) in [6.07, 6.45) is 6.99. The van der Waals surface area contributed by atoms with Crippen molar-refractivity contribution in [1.29, 1.82) is 0 Å². The Hall–Kier alpha value is -2.70. The van der Waals surface area contributed by atoms with Crippen LogP contribution < -0.4 is 4.74 Å². The van der Waals surface area contributed by atoms with Crippen molar-refractivity contribution in [2.75, 3.05) is 6.61 Å². The van der Waals surface area contributed by atoms with Crippen LogP contribution in [0.1, 0.15) is 82.6 Å². The third-order valence-corrected chi connectivity index (χ3v) is 7.70. The third kappa shape index (κ3) is 7.03. The quantitative estimate of drug-likeness (QED) is 0.185. The van der Waals surface area contributed by atoms with Crippen LogP contribution >= 0.6 is 0 Å².